The number of amides is 1. The maximum Gasteiger partial charge on any atom is 0.433 e. The number of nitriles is 1. The molecule has 0 aliphatic carbocycles. The van der Waals surface area contributed by atoms with E-state index < -0.39 is 23.5 Å². The summed E-state index contributed by atoms with van der Waals surface area (Å²) in [6.45, 7) is 7.33. The van der Waals surface area contributed by atoms with Crippen molar-refractivity contribution in [3.63, 3.8) is 0 Å². The largest absolute Gasteiger partial charge is 0.433 e. The molecule has 13 heteroatoms. The molecule has 194 valence electrons. The number of carbonyl (C=O) groups excluding carboxylic acids is 1. The minimum atomic E-state index is -4.83. The predicted octanol–water partition coefficient (Wildman–Crippen LogP) is 3.33. The van der Waals surface area contributed by atoms with Crippen molar-refractivity contribution in [3.8, 4) is 6.07 Å². The van der Waals surface area contributed by atoms with Crippen LogP contribution in [0.15, 0.2) is 23.1 Å². The number of hydrogen-bond acceptors (Lipinski definition) is 8. The van der Waals surface area contributed by atoms with Gasteiger partial charge >= 0.3 is 6.18 Å². The Morgan fingerprint density at radius 1 is 1.27 bits per heavy atom. The number of fused-ring (bicyclic) bond motifs is 1. The third-order valence-corrected chi connectivity index (χ3v) is 5.89. The number of ether oxygens (including phenoxy) is 1. The lowest BCUT2D eigenvalue weighted by Crippen LogP contribution is -2.48. The van der Waals surface area contributed by atoms with E-state index in [-0.39, 0.29) is 57.5 Å². The average Bonchev–Trinajstić information content (AvgIpc) is 2.81. The first-order valence-electron chi connectivity index (χ1n) is 11.5. The Balaban J connectivity index is 1.67. The molecule has 0 radical (unpaired) electrons. The number of nitrogens with one attached hydrogen (secondary N) is 2. The van der Waals surface area contributed by atoms with Crippen molar-refractivity contribution in [1.82, 2.24) is 24.8 Å². The fourth-order valence-corrected chi connectivity index (χ4v) is 4.34. The van der Waals surface area contributed by atoms with Crippen LogP contribution < -0.4 is 10.9 Å². The summed E-state index contributed by atoms with van der Waals surface area (Å²) in [6.07, 6.45) is -3.86. The molecule has 3 aromatic rings. The first-order valence-corrected chi connectivity index (χ1v) is 11.5. The summed E-state index contributed by atoms with van der Waals surface area (Å²) in [5, 5.41) is 12.4. The van der Waals surface area contributed by atoms with E-state index in [2.05, 4.69) is 25.3 Å². The highest BCUT2D eigenvalue weighted by Crippen LogP contribution is 2.35. The SMILES string of the molecule is Cc1nc2nc(C(F)(F)F)c(C(C)Nc3ncc(C(=O)N4C[C@@H](C)O[C@@H](C)C4)cc3C#N)cc2c(=O)[nH]1. The molecule has 10 nitrogen and oxygen atoms in total. The molecule has 2 N–H and O–H groups in total. The van der Waals surface area contributed by atoms with Crippen molar-refractivity contribution < 1.29 is 22.7 Å². The Bertz CT molecular complexity index is 1450. The lowest BCUT2D eigenvalue weighted by molar-refractivity contribution is -0.141. The van der Waals surface area contributed by atoms with Crippen molar-refractivity contribution in [1.29, 1.82) is 5.26 Å². The maximum absolute atomic E-state index is 13.9. The third kappa shape index (κ3) is 5.39. The van der Waals surface area contributed by atoms with Crippen LogP contribution in [0.3, 0.4) is 0 Å². The number of morpholine rings is 1. The van der Waals surface area contributed by atoms with Crippen LogP contribution in [0.5, 0.6) is 0 Å². The molecule has 1 saturated heterocycles. The minimum Gasteiger partial charge on any atom is -0.372 e. The first-order chi connectivity index (χ1) is 17.4. The zero-order valence-electron chi connectivity index (χ0n) is 20.5. The Morgan fingerprint density at radius 2 is 1.95 bits per heavy atom. The van der Waals surface area contributed by atoms with E-state index in [1.54, 1.807) is 4.90 Å². The van der Waals surface area contributed by atoms with Crippen molar-refractivity contribution >= 4 is 22.8 Å². The molecule has 0 saturated carbocycles. The van der Waals surface area contributed by atoms with E-state index in [4.69, 9.17) is 4.74 Å². The number of halogens is 3. The van der Waals surface area contributed by atoms with Crippen LogP contribution in [0, 0.1) is 18.3 Å². The Morgan fingerprint density at radius 3 is 2.57 bits per heavy atom. The van der Waals surface area contributed by atoms with Gasteiger partial charge in [-0.15, -0.1) is 0 Å². The molecule has 1 unspecified atom stereocenters. The van der Waals surface area contributed by atoms with Crippen LogP contribution in [0.1, 0.15) is 59.8 Å². The molecule has 0 spiro atoms. The number of pyridine rings is 2. The number of aryl methyl sites for hydroxylation is 1. The molecule has 4 rings (SSSR count). The van der Waals surface area contributed by atoms with Gasteiger partial charge in [-0.05, 0) is 39.8 Å². The van der Waals surface area contributed by atoms with Crippen molar-refractivity contribution in [2.45, 2.75) is 52.1 Å². The number of aromatic nitrogens is 4. The second kappa shape index (κ2) is 9.78. The van der Waals surface area contributed by atoms with Crippen LogP contribution in [0.4, 0.5) is 19.0 Å². The summed E-state index contributed by atoms with van der Waals surface area (Å²) in [7, 11) is 0. The van der Waals surface area contributed by atoms with E-state index in [1.165, 1.54) is 26.1 Å². The van der Waals surface area contributed by atoms with E-state index >= 15 is 0 Å². The monoisotopic (exact) mass is 515 g/mol. The summed E-state index contributed by atoms with van der Waals surface area (Å²) in [6, 6.07) is 3.30. The van der Waals surface area contributed by atoms with E-state index in [0.717, 1.165) is 6.07 Å². The second-order valence-corrected chi connectivity index (χ2v) is 9.01. The van der Waals surface area contributed by atoms with E-state index in [1.807, 2.05) is 19.9 Å². The van der Waals surface area contributed by atoms with Crippen LogP contribution in [0.2, 0.25) is 0 Å². The number of rotatable bonds is 4. The van der Waals surface area contributed by atoms with Crippen molar-refractivity contribution in [2.24, 2.45) is 0 Å². The summed E-state index contributed by atoms with van der Waals surface area (Å²) in [4.78, 5) is 41.1. The standard InChI is InChI=1S/C24H24F3N7O3/c1-11-9-34(10-12(2)37-11)23(36)16-5-15(7-28)20(29-8-16)30-13(3)17-6-18-21(31-14(4)32-22(18)35)33-19(17)24(25,26)27/h5-6,8,11-13H,9-10H2,1-4H3,(H,29,30)(H,31,32,33,35)/t11-,12+,13?. The zero-order valence-corrected chi connectivity index (χ0v) is 20.5. The lowest BCUT2D eigenvalue weighted by atomic mass is 10.0. The van der Waals surface area contributed by atoms with Gasteiger partial charge in [-0.2, -0.15) is 18.4 Å². The van der Waals surface area contributed by atoms with Gasteiger partial charge in [0, 0.05) is 24.8 Å². The van der Waals surface area contributed by atoms with E-state index in [0.29, 0.717) is 13.1 Å². The minimum absolute atomic E-state index is 0.0144. The van der Waals surface area contributed by atoms with Gasteiger partial charge in [0.1, 0.15) is 17.7 Å². The van der Waals surface area contributed by atoms with Crippen LogP contribution in [-0.2, 0) is 10.9 Å². The third-order valence-electron chi connectivity index (χ3n) is 5.89. The first kappa shape index (κ1) is 26.0. The molecule has 3 atom stereocenters. The number of hydrogen-bond donors (Lipinski definition) is 2. The Hall–Kier alpha value is -4.05. The smallest absolute Gasteiger partial charge is 0.372 e. The number of alkyl halides is 3. The molecule has 0 aromatic carbocycles. The van der Waals surface area contributed by atoms with Gasteiger partial charge in [0.2, 0.25) is 0 Å². The van der Waals surface area contributed by atoms with Crippen molar-refractivity contribution in [2.75, 3.05) is 18.4 Å². The van der Waals surface area contributed by atoms with Gasteiger partial charge in [0.25, 0.3) is 11.5 Å². The summed E-state index contributed by atoms with van der Waals surface area (Å²) < 4.78 is 47.3. The summed E-state index contributed by atoms with van der Waals surface area (Å²) >= 11 is 0. The van der Waals surface area contributed by atoms with Gasteiger partial charge in [-0.3, -0.25) is 9.59 Å². The lowest BCUT2D eigenvalue weighted by Gasteiger charge is -2.35. The van der Waals surface area contributed by atoms with Crippen molar-refractivity contribution in [3.05, 3.63) is 56.9 Å². The molecule has 1 aliphatic rings. The number of H-pyrrole nitrogens is 1. The molecule has 37 heavy (non-hydrogen) atoms. The number of anilines is 1. The maximum atomic E-state index is 13.9. The normalized spacial score (nSPS) is 18.9. The van der Waals surface area contributed by atoms with Gasteiger partial charge in [0.15, 0.2) is 11.3 Å². The highest BCUT2D eigenvalue weighted by molar-refractivity contribution is 5.94. The number of carbonyl (C=O) groups is 1. The molecule has 3 aromatic heterocycles. The predicted molar refractivity (Wildman–Crippen MR) is 127 cm³/mol. The number of aromatic amines is 1. The van der Waals surface area contributed by atoms with Gasteiger partial charge < -0.3 is 19.9 Å². The highest BCUT2D eigenvalue weighted by atomic mass is 19.4. The quantitative estimate of drug-likeness (QED) is 0.540. The summed E-state index contributed by atoms with van der Waals surface area (Å²) in [5.41, 5.74) is -2.33. The highest BCUT2D eigenvalue weighted by Gasteiger charge is 2.38. The Labute approximate surface area is 209 Å². The topological polar surface area (TPSA) is 137 Å². The molecule has 1 fully saturated rings. The van der Waals surface area contributed by atoms with Gasteiger partial charge in [-0.25, -0.2) is 15.0 Å². The molecular weight excluding hydrogens is 491 g/mol. The molecule has 0 bridgehead atoms. The fraction of sp³-hybridized carbons (Fsp3) is 0.417. The van der Waals surface area contributed by atoms with Gasteiger partial charge in [-0.1, -0.05) is 0 Å². The fourth-order valence-electron chi connectivity index (χ4n) is 4.34. The van der Waals surface area contributed by atoms with Crippen LogP contribution >= 0.6 is 0 Å². The van der Waals surface area contributed by atoms with Crippen LogP contribution in [-0.4, -0.2) is 56.0 Å². The summed E-state index contributed by atoms with van der Waals surface area (Å²) in [5.74, 6) is -0.208. The molecule has 4 heterocycles. The molecule has 1 amide bonds. The second-order valence-electron chi connectivity index (χ2n) is 9.01. The average molecular weight is 515 g/mol. The molecular formula is C24H24F3N7O3. The zero-order chi connectivity index (χ0) is 27.1. The molecule has 1 aliphatic heterocycles. The van der Waals surface area contributed by atoms with Gasteiger partial charge in [0.05, 0.1) is 34.8 Å². The number of nitrogens with zero attached hydrogens (tertiary/aromatic N) is 5. The van der Waals surface area contributed by atoms with Crippen LogP contribution in [0.25, 0.3) is 11.0 Å². The Kier molecular flexibility index (Phi) is 6.88. The van der Waals surface area contributed by atoms with E-state index in [9.17, 15) is 28.0 Å².